The van der Waals surface area contributed by atoms with Crippen molar-refractivity contribution >= 4 is 39.0 Å². The molecule has 4 rings (SSSR count). The van der Waals surface area contributed by atoms with E-state index in [1.54, 1.807) is 37.3 Å². The number of amides is 1. The number of aromatic hydroxyl groups is 1. The van der Waals surface area contributed by atoms with Crippen LogP contribution in [0.15, 0.2) is 81.1 Å². The highest BCUT2D eigenvalue weighted by Gasteiger charge is 2.22. The molecule has 0 saturated carbocycles. The van der Waals surface area contributed by atoms with Gasteiger partial charge in [0.2, 0.25) is 0 Å². The number of para-hydroxylation sites is 1. The second-order valence-electron chi connectivity index (χ2n) is 7.46. The first-order valence-electron chi connectivity index (χ1n) is 10.4. The zero-order valence-corrected chi connectivity index (χ0v) is 20.0. The number of nitrogens with zero attached hydrogens (tertiary/aromatic N) is 3. The third-order valence-electron chi connectivity index (χ3n) is 5.27. The van der Waals surface area contributed by atoms with Gasteiger partial charge in [-0.2, -0.15) is 5.10 Å². The second-order valence-corrected chi connectivity index (χ2v) is 8.31. The maximum absolute atomic E-state index is 13.4. The number of hydrogen-bond donors (Lipinski definition) is 2. The van der Waals surface area contributed by atoms with Crippen LogP contribution in [-0.2, 0) is 4.79 Å². The summed E-state index contributed by atoms with van der Waals surface area (Å²) >= 11 is 3.25. The standard InChI is InChI=1S/C25H21BrN4O4/c1-15(24(32)29-27-14-16-12-19(26)22(31)21(13-16)34-2)30-23(17-8-4-3-5-9-17)28-20-11-7-6-10-18(20)25(30)33/h3-15,31H,1-2H3,(H,29,32)/b27-14+. The van der Waals surface area contributed by atoms with E-state index < -0.39 is 11.9 Å². The summed E-state index contributed by atoms with van der Waals surface area (Å²) in [7, 11) is 1.44. The Morgan fingerprint density at radius 1 is 1.18 bits per heavy atom. The lowest BCUT2D eigenvalue weighted by molar-refractivity contribution is -0.123. The van der Waals surface area contributed by atoms with Crippen LogP contribution >= 0.6 is 15.9 Å². The molecule has 0 aliphatic rings. The van der Waals surface area contributed by atoms with Gasteiger partial charge in [-0.05, 0) is 52.7 Å². The van der Waals surface area contributed by atoms with Crippen LogP contribution in [0.4, 0.5) is 0 Å². The summed E-state index contributed by atoms with van der Waals surface area (Å²) in [5, 5.41) is 14.4. The van der Waals surface area contributed by atoms with Crippen molar-refractivity contribution in [3.05, 3.63) is 87.1 Å². The zero-order valence-electron chi connectivity index (χ0n) is 18.4. The number of carbonyl (C=O) groups is 1. The van der Waals surface area contributed by atoms with Gasteiger partial charge in [0.25, 0.3) is 11.5 Å². The largest absolute Gasteiger partial charge is 0.503 e. The van der Waals surface area contributed by atoms with Crippen molar-refractivity contribution in [2.75, 3.05) is 7.11 Å². The highest BCUT2D eigenvalue weighted by molar-refractivity contribution is 9.10. The van der Waals surface area contributed by atoms with Gasteiger partial charge >= 0.3 is 0 Å². The fraction of sp³-hybridized carbons (Fsp3) is 0.120. The number of hydrazone groups is 1. The molecule has 1 aromatic heterocycles. The molecular weight excluding hydrogens is 500 g/mol. The number of benzene rings is 3. The lowest BCUT2D eigenvalue weighted by Gasteiger charge is -2.18. The number of hydrogen-bond acceptors (Lipinski definition) is 6. The number of phenols is 1. The van der Waals surface area contributed by atoms with Crippen molar-refractivity contribution in [3.8, 4) is 22.9 Å². The number of aromatic nitrogens is 2. The third kappa shape index (κ3) is 4.55. The summed E-state index contributed by atoms with van der Waals surface area (Å²) in [5.41, 5.74) is 4.02. The van der Waals surface area contributed by atoms with Crippen molar-refractivity contribution < 1.29 is 14.6 Å². The summed E-state index contributed by atoms with van der Waals surface area (Å²) in [6.07, 6.45) is 1.41. The molecule has 1 atom stereocenters. The first-order chi connectivity index (χ1) is 16.4. The topological polar surface area (TPSA) is 106 Å². The summed E-state index contributed by atoms with van der Waals surface area (Å²) in [6, 6.07) is 18.6. The van der Waals surface area contributed by atoms with Gasteiger partial charge in [-0.15, -0.1) is 0 Å². The Balaban J connectivity index is 1.67. The molecule has 0 radical (unpaired) electrons. The van der Waals surface area contributed by atoms with Gasteiger partial charge in [0.1, 0.15) is 11.9 Å². The van der Waals surface area contributed by atoms with Crippen LogP contribution in [0.2, 0.25) is 0 Å². The number of nitrogens with one attached hydrogen (secondary N) is 1. The third-order valence-corrected chi connectivity index (χ3v) is 5.87. The molecule has 9 heteroatoms. The van der Waals surface area contributed by atoms with Crippen LogP contribution in [0.25, 0.3) is 22.3 Å². The van der Waals surface area contributed by atoms with Crippen LogP contribution < -0.4 is 15.7 Å². The molecule has 1 amide bonds. The van der Waals surface area contributed by atoms with Crippen LogP contribution in [0, 0.1) is 0 Å². The van der Waals surface area contributed by atoms with Gasteiger partial charge < -0.3 is 9.84 Å². The SMILES string of the molecule is COc1cc(/C=N/NC(=O)C(C)n2c(-c3ccccc3)nc3ccccc3c2=O)cc(Br)c1O. The zero-order chi connectivity index (χ0) is 24.2. The van der Waals surface area contributed by atoms with Crippen LogP contribution in [0.3, 0.4) is 0 Å². The van der Waals surface area contributed by atoms with Gasteiger partial charge in [0.05, 0.1) is 28.7 Å². The molecule has 1 unspecified atom stereocenters. The Bertz CT molecular complexity index is 1450. The predicted molar refractivity (Wildman–Crippen MR) is 134 cm³/mol. The number of rotatable bonds is 6. The average molecular weight is 521 g/mol. The number of carbonyl (C=O) groups excluding carboxylic acids is 1. The van der Waals surface area contributed by atoms with Crippen molar-refractivity contribution in [1.82, 2.24) is 15.0 Å². The van der Waals surface area contributed by atoms with Crippen molar-refractivity contribution in [3.63, 3.8) is 0 Å². The normalized spacial score (nSPS) is 12.1. The fourth-order valence-corrected chi connectivity index (χ4v) is 3.96. The molecule has 0 saturated heterocycles. The molecule has 8 nitrogen and oxygen atoms in total. The minimum atomic E-state index is -0.891. The monoisotopic (exact) mass is 520 g/mol. The van der Waals surface area contributed by atoms with E-state index >= 15 is 0 Å². The quantitative estimate of drug-likeness (QED) is 0.292. The molecule has 34 heavy (non-hydrogen) atoms. The number of halogens is 1. The van der Waals surface area contributed by atoms with Gasteiger partial charge in [-0.25, -0.2) is 10.4 Å². The van der Waals surface area contributed by atoms with E-state index in [1.165, 1.54) is 17.9 Å². The van der Waals surface area contributed by atoms with Crippen LogP contribution in [0.1, 0.15) is 18.5 Å². The first-order valence-corrected chi connectivity index (χ1v) is 11.2. The molecule has 0 spiro atoms. The Hall–Kier alpha value is -3.98. The van der Waals surface area contributed by atoms with Gasteiger partial charge in [0, 0.05) is 5.56 Å². The predicted octanol–water partition coefficient (Wildman–Crippen LogP) is 4.25. The average Bonchev–Trinajstić information content (AvgIpc) is 2.86. The smallest absolute Gasteiger partial charge is 0.263 e. The molecule has 0 bridgehead atoms. The van der Waals surface area contributed by atoms with E-state index in [2.05, 4.69) is 31.4 Å². The highest BCUT2D eigenvalue weighted by atomic mass is 79.9. The summed E-state index contributed by atoms with van der Waals surface area (Å²) in [4.78, 5) is 31.0. The summed E-state index contributed by atoms with van der Waals surface area (Å²) < 4.78 is 6.92. The van der Waals surface area contributed by atoms with E-state index in [-0.39, 0.29) is 17.1 Å². The minimum Gasteiger partial charge on any atom is -0.503 e. The fourth-order valence-electron chi connectivity index (χ4n) is 3.50. The Kier molecular flexibility index (Phi) is 6.74. The van der Waals surface area contributed by atoms with E-state index in [4.69, 9.17) is 4.74 Å². The number of methoxy groups -OCH3 is 1. The van der Waals surface area contributed by atoms with E-state index in [9.17, 15) is 14.7 Å². The van der Waals surface area contributed by atoms with Crippen molar-refractivity contribution in [2.24, 2.45) is 5.10 Å². The first kappa shape index (κ1) is 23.2. The van der Waals surface area contributed by atoms with E-state index in [1.807, 2.05) is 36.4 Å². The second kappa shape index (κ2) is 9.88. The number of phenolic OH excluding ortho intramolecular Hbond substituents is 1. The lowest BCUT2D eigenvalue weighted by Crippen LogP contribution is -2.35. The van der Waals surface area contributed by atoms with Gasteiger partial charge in [0.15, 0.2) is 11.5 Å². The van der Waals surface area contributed by atoms with Crippen LogP contribution in [0.5, 0.6) is 11.5 Å². The molecule has 0 aliphatic heterocycles. The molecule has 1 heterocycles. The molecule has 2 N–H and O–H groups in total. The molecule has 0 fully saturated rings. The van der Waals surface area contributed by atoms with Crippen molar-refractivity contribution in [2.45, 2.75) is 13.0 Å². The molecular formula is C25H21BrN4O4. The summed E-state index contributed by atoms with van der Waals surface area (Å²) in [5.74, 6) is 0.131. The Morgan fingerprint density at radius 3 is 2.62 bits per heavy atom. The number of ether oxygens (including phenoxy) is 1. The van der Waals surface area contributed by atoms with Crippen LogP contribution in [-0.4, -0.2) is 33.9 Å². The highest BCUT2D eigenvalue weighted by Crippen LogP contribution is 2.34. The molecule has 0 aliphatic carbocycles. The van der Waals surface area contributed by atoms with Gasteiger partial charge in [-0.1, -0.05) is 42.5 Å². The van der Waals surface area contributed by atoms with E-state index in [0.717, 1.165) is 5.56 Å². The van der Waals surface area contributed by atoms with E-state index in [0.29, 0.717) is 26.8 Å². The molecule has 3 aromatic carbocycles. The maximum Gasteiger partial charge on any atom is 0.263 e. The Morgan fingerprint density at radius 2 is 1.88 bits per heavy atom. The molecule has 172 valence electrons. The maximum atomic E-state index is 13.4. The molecule has 4 aromatic rings. The Labute approximate surface area is 203 Å². The minimum absolute atomic E-state index is 0.0334. The summed E-state index contributed by atoms with van der Waals surface area (Å²) in [6.45, 7) is 1.62. The van der Waals surface area contributed by atoms with Gasteiger partial charge in [-0.3, -0.25) is 14.2 Å². The van der Waals surface area contributed by atoms with Crippen molar-refractivity contribution in [1.29, 1.82) is 0 Å². The number of fused-ring (bicyclic) bond motifs is 1. The lowest BCUT2D eigenvalue weighted by atomic mass is 10.1.